The molecule has 3 N–H and O–H groups in total. The number of benzene rings is 1. The lowest BCUT2D eigenvalue weighted by atomic mass is 9.54. The molecule has 1 heterocycles. The number of nitrogens with two attached hydrogens (primary N) is 1. The Morgan fingerprint density at radius 2 is 2.04 bits per heavy atom. The fraction of sp³-hybridized carbons (Fsp3) is 0.579. The Morgan fingerprint density at radius 3 is 2.67 bits per heavy atom. The maximum absolute atomic E-state index is 12.1. The van der Waals surface area contributed by atoms with Gasteiger partial charge in [0.1, 0.15) is 6.04 Å². The van der Waals surface area contributed by atoms with Crippen molar-refractivity contribution in [3.8, 4) is 6.07 Å². The van der Waals surface area contributed by atoms with Gasteiger partial charge in [-0.2, -0.15) is 5.26 Å². The van der Waals surface area contributed by atoms with E-state index in [-0.39, 0.29) is 11.3 Å². The van der Waals surface area contributed by atoms with E-state index >= 15 is 0 Å². The highest BCUT2D eigenvalue weighted by atomic mass is 16.5. The van der Waals surface area contributed by atoms with Gasteiger partial charge in [0.05, 0.1) is 17.7 Å². The number of carbonyl (C=O) groups excluding carboxylic acids is 1. The van der Waals surface area contributed by atoms with E-state index in [0.29, 0.717) is 23.6 Å². The first-order valence-corrected chi connectivity index (χ1v) is 8.83. The predicted molar refractivity (Wildman–Crippen MR) is 88.8 cm³/mol. The first-order chi connectivity index (χ1) is 11.7. The molecule has 4 atom stereocenters. The van der Waals surface area contributed by atoms with Crippen LogP contribution in [0.4, 0.5) is 0 Å². The fourth-order valence-electron chi connectivity index (χ4n) is 5.22. The van der Waals surface area contributed by atoms with Gasteiger partial charge < -0.3 is 10.5 Å². The van der Waals surface area contributed by atoms with Crippen molar-refractivity contribution in [2.45, 2.75) is 50.3 Å². The van der Waals surface area contributed by atoms with Crippen LogP contribution in [0.25, 0.3) is 0 Å². The molecule has 1 aromatic carbocycles. The molecule has 0 unspecified atom stereocenters. The Hall–Kier alpha value is -1.90. The van der Waals surface area contributed by atoms with E-state index in [0.717, 1.165) is 18.6 Å². The largest absolute Gasteiger partial charge is 0.377 e. The van der Waals surface area contributed by atoms with Gasteiger partial charge in [0.15, 0.2) is 0 Å². The standard InChI is InChI=1S/C19H23N3O2/c20-11-12-3-5-13(6-4-12)15(18(21)23)22-16-14-7-10-24-17(14)19(16)8-1-2-9-19/h3-6,14-17,22H,1-2,7-10H2,(H2,21,23)/t14-,15+,16-,17-/m1/s1. The van der Waals surface area contributed by atoms with Crippen molar-refractivity contribution in [2.75, 3.05) is 6.61 Å². The summed E-state index contributed by atoms with van der Waals surface area (Å²) in [5.74, 6) is 0.124. The third kappa shape index (κ3) is 2.25. The Balaban J connectivity index is 1.58. The second-order valence-corrected chi connectivity index (χ2v) is 7.40. The predicted octanol–water partition coefficient (Wildman–Crippen LogP) is 2.02. The SMILES string of the molecule is N#Cc1ccc([C@H](N[C@@H]2[C@H]3CCO[C@H]3C23CCCC3)C(N)=O)cc1. The van der Waals surface area contributed by atoms with E-state index in [9.17, 15) is 4.79 Å². The number of rotatable bonds is 4. The number of nitriles is 1. The summed E-state index contributed by atoms with van der Waals surface area (Å²) in [6, 6.07) is 9.00. The Labute approximate surface area is 142 Å². The number of nitrogens with one attached hydrogen (secondary N) is 1. The highest BCUT2D eigenvalue weighted by Gasteiger charge is 2.65. The number of hydrogen-bond donors (Lipinski definition) is 2. The molecule has 1 aliphatic heterocycles. The Morgan fingerprint density at radius 1 is 1.33 bits per heavy atom. The minimum atomic E-state index is -0.512. The molecular weight excluding hydrogens is 302 g/mol. The van der Waals surface area contributed by atoms with E-state index in [2.05, 4.69) is 11.4 Å². The first kappa shape index (κ1) is 15.6. The van der Waals surface area contributed by atoms with Gasteiger partial charge >= 0.3 is 0 Å². The average molecular weight is 325 g/mol. The van der Waals surface area contributed by atoms with Gasteiger partial charge in [-0.15, -0.1) is 0 Å². The number of amides is 1. The second kappa shape index (κ2) is 5.87. The number of ether oxygens (including phenoxy) is 1. The smallest absolute Gasteiger partial charge is 0.239 e. The Kier molecular flexibility index (Phi) is 3.82. The van der Waals surface area contributed by atoms with E-state index in [1.54, 1.807) is 12.1 Å². The summed E-state index contributed by atoms with van der Waals surface area (Å²) in [7, 11) is 0. The first-order valence-electron chi connectivity index (χ1n) is 8.83. The van der Waals surface area contributed by atoms with Crippen molar-refractivity contribution in [2.24, 2.45) is 17.1 Å². The van der Waals surface area contributed by atoms with Gasteiger partial charge in [0.25, 0.3) is 0 Å². The minimum Gasteiger partial charge on any atom is -0.377 e. The molecular formula is C19H23N3O2. The molecule has 4 rings (SSSR count). The maximum Gasteiger partial charge on any atom is 0.239 e. The molecule has 1 aromatic rings. The summed E-state index contributed by atoms with van der Waals surface area (Å²) in [5, 5.41) is 12.5. The number of hydrogen-bond acceptors (Lipinski definition) is 4. The average Bonchev–Trinajstić information content (AvgIpc) is 3.24. The lowest BCUT2D eigenvalue weighted by molar-refractivity contribution is -0.139. The maximum atomic E-state index is 12.1. The number of carbonyl (C=O) groups is 1. The summed E-state index contributed by atoms with van der Waals surface area (Å²) in [6.07, 6.45) is 6.23. The summed E-state index contributed by atoms with van der Waals surface area (Å²) in [5.41, 5.74) is 7.29. The van der Waals surface area contributed by atoms with Crippen LogP contribution in [-0.4, -0.2) is 24.7 Å². The van der Waals surface area contributed by atoms with Crippen LogP contribution in [0.1, 0.15) is 49.3 Å². The van der Waals surface area contributed by atoms with Crippen LogP contribution in [0, 0.1) is 22.7 Å². The summed E-state index contributed by atoms with van der Waals surface area (Å²) in [6.45, 7) is 0.827. The van der Waals surface area contributed by atoms with E-state index in [1.807, 2.05) is 12.1 Å². The molecule has 0 aromatic heterocycles. The number of nitrogens with zero attached hydrogens (tertiary/aromatic N) is 1. The van der Waals surface area contributed by atoms with Gasteiger partial charge in [0.2, 0.25) is 5.91 Å². The van der Waals surface area contributed by atoms with Crippen molar-refractivity contribution in [3.05, 3.63) is 35.4 Å². The molecule has 126 valence electrons. The highest BCUT2D eigenvalue weighted by molar-refractivity contribution is 5.81. The zero-order valence-corrected chi connectivity index (χ0v) is 13.7. The molecule has 1 spiro atoms. The quantitative estimate of drug-likeness (QED) is 0.886. The van der Waals surface area contributed by atoms with Gasteiger partial charge in [-0.3, -0.25) is 10.1 Å². The molecule has 2 saturated carbocycles. The topological polar surface area (TPSA) is 88.1 Å². The van der Waals surface area contributed by atoms with Gasteiger partial charge in [-0.25, -0.2) is 0 Å². The normalized spacial score (nSPS) is 31.2. The highest BCUT2D eigenvalue weighted by Crippen LogP contribution is 2.61. The summed E-state index contributed by atoms with van der Waals surface area (Å²) >= 11 is 0. The molecule has 3 fully saturated rings. The van der Waals surface area contributed by atoms with Crippen molar-refractivity contribution < 1.29 is 9.53 Å². The molecule has 3 aliphatic rings. The number of primary amides is 1. The van der Waals surface area contributed by atoms with E-state index in [1.165, 1.54) is 25.7 Å². The summed E-state index contributed by atoms with van der Waals surface area (Å²) in [4.78, 5) is 12.1. The van der Waals surface area contributed by atoms with Gasteiger partial charge in [-0.05, 0) is 37.0 Å². The van der Waals surface area contributed by atoms with Gasteiger partial charge in [0, 0.05) is 24.0 Å². The number of fused-ring (bicyclic) bond motifs is 2. The van der Waals surface area contributed by atoms with Crippen LogP contribution >= 0.6 is 0 Å². The molecule has 0 radical (unpaired) electrons. The lowest BCUT2D eigenvalue weighted by Gasteiger charge is -2.57. The zero-order chi connectivity index (χ0) is 16.7. The van der Waals surface area contributed by atoms with Crippen LogP contribution in [0.15, 0.2) is 24.3 Å². The van der Waals surface area contributed by atoms with Crippen LogP contribution in [0.5, 0.6) is 0 Å². The van der Waals surface area contributed by atoms with Crippen LogP contribution in [0.2, 0.25) is 0 Å². The van der Waals surface area contributed by atoms with Crippen LogP contribution < -0.4 is 11.1 Å². The minimum absolute atomic E-state index is 0.182. The molecule has 1 saturated heterocycles. The monoisotopic (exact) mass is 325 g/mol. The van der Waals surface area contributed by atoms with Crippen molar-refractivity contribution in [1.82, 2.24) is 5.32 Å². The fourth-order valence-corrected chi connectivity index (χ4v) is 5.22. The molecule has 5 heteroatoms. The van der Waals surface area contributed by atoms with E-state index < -0.39 is 6.04 Å². The Bertz CT molecular complexity index is 673. The molecule has 2 aliphatic carbocycles. The molecule has 24 heavy (non-hydrogen) atoms. The molecule has 5 nitrogen and oxygen atoms in total. The van der Waals surface area contributed by atoms with E-state index in [4.69, 9.17) is 15.7 Å². The lowest BCUT2D eigenvalue weighted by Crippen LogP contribution is -2.68. The van der Waals surface area contributed by atoms with Crippen LogP contribution in [-0.2, 0) is 9.53 Å². The van der Waals surface area contributed by atoms with Gasteiger partial charge in [-0.1, -0.05) is 25.0 Å². The third-order valence-corrected chi connectivity index (χ3v) is 6.29. The second-order valence-electron chi connectivity index (χ2n) is 7.40. The third-order valence-electron chi connectivity index (χ3n) is 6.29. The molecule has 0 bridgehead atoms. The zero-order valence-electron chi connectivity index (χ0n) is 13.7. The van der Waals surface area contributed by atoms with Crippen molar-refractivity contribution in [1.29, 1.82) is 5.26 Å². The molecule has 1 amide bonds. The van der Waals surface area contributed by atoms with Crippen molar-refractivity contribution in [3.63, 3.8) is 0 Å². The van der Waals surface area contributed by atoms with Crippen molar-refractivity contribution >= 4 is 5.91 Å². The summed E-state index contributed by atoms with van der Waals surface area (Å²) < 4.78 is 6.01. The van der Waals surface area contributed by atoms with Crippen LogP contribution in [0.3, 0.4) is 0 Å².